The van der Waals surface area contributed by atoms with Crippen molar-refractivity contribution in [1.29, 1.82) is 0 Å². The molecule has 0 amide bonds. The second kappa shape index (κ2) is 7.07. The van der Waals surface area contributed by atoms with Crippen molar-refractivity contribution in [2.45, 2.75) is 4.90 Å². The largest absolute Gasteiger partial charge is 0.495 e. The number of hydrogen-bond acceptors (Lipinski definition) is 3. The SMILES string of the molecule is COc1ccccc1S(=O)(=O)NCC#Cc1ccccc1F. The third-order valence-electron chi connectivity index (χ3n) is 2.81. The van der Waals surface area contributed by atoms with Crippen LogP contribution in [0.15, 0.2) is 53.4 Å². The number of hydrogen-bond donors (Lipinski definition) is 1. The van der Waals surface area contributed by atoms with E-state index in [4.69, 9.17) is 4.74 Å². The molecule has 0 radical (unpaired) electrons. The number of ether oxygens (including phenoxy) is 1. The zero-order valence-electron chi connectivity index (χ0n) is 11.8. The molecule has 114 valence electrons. The van der Waals surface area contributed by atoms with Crippen LogP contribution in [-0.4, -0.2) is 22.1 Å². The standard InChI is InChI=1S/C16H14FNO3S/c1-21-15-10-4-5-11-16(15)22(19,20)18-12-6-8-13-7-2-3-9-14(13)17/h2-5,7,9-11,18H,12H2,1H3. The van der Waals surface area contributed by atoms with E-state index in [1.165, 1.54) is 25.3 Å². The second-order valence-corrected chi connectivity index (χ2v) is 5.99. The highest BCUT2D eigenvalue weighted by atomic mass is 32.2. The lowest BCUT2D eigenvalue weighted by Crippen LogP contribution is -2.24. The van der Waals surface area contributed by atoms with Crippen molar-refractivity contribution in [3.05, 3.63) is 59.9 Å². The van der Waals surface area contributed by atoms with Gasteiger partial charge in [-0.1, -0.05) is 36.1 Å². The molecule has 0 saturated carbocycles. The Bertz CT molecular complexity index is 823. The van der Waals surface area contributed by atoms with E-state index in [9.17, 15) is 12.8 Å². The van der Waals surface area contributed by atoms with E-state index in [1.54, 1.807) is 30.3 Å². The highest BCUT2D eigenvalue weighted by Gasteiger charge is 2.17. The lowest BCUT2D eigenvalue weighted by atomic mass is 10.2. The van der Waals surface area contributed by atoms with Gasteiger partial charge in [-0.2, -0.15) is 4.72 Å². The van der Waals surface area contributed by atoms with Crippen molar-refractivity contribution in [3.8, 4) is 17.6 Å². The molecule has 22 heavy (non-hydrogen) atoms. The van der Waals surface area contributed by atoms with E-state index < -0.39 is 15.8 Å². The maximum absolute atomic E-state index is 13.4. The van der Waals surface area contributed by atoms with Gasteiger partial charge in [0.25, 0.3) is 0 Å². The van der Waals surface area contributed by atoms with Gasteiger partial charge in [0.05, 0.1) is 19.2 Å². The summed E-state index contributed by atoms with van der Waals surface area (Å²) in [7, 11) is -2.34. The molecule has 4 nitrogen and oxygen atoms in total. The van der Waals surface area contributed by atoms with Crippen LogP contribution in [0, 0.1) is 17.7 Å². The zero-order chi connectivity index (χ0) is 16.0. The number of sulfonamides is 1. The predicted molar refractivity (Wildman–Crippen MR) is 81.5 cm³/mol. The Kier molecular flexibility index (Phi) is 5.15. The fourth-order valence-electron chi connectivity index (χ4n) is 1.75. The normalized spacial score (nSPS) is 10.6. The molecular weight excluding hydrogens is 305 g/mol. The second-order valence-electron chi connectivity index (χ2n) is 4.26. The first-order valence-electron chi connectivity index (χ1n) is 6.40. The van der Waals surface area contributed by atoms with Crippen molar-refractivity contribution in [2.75, 3.05) is 13.7 Å². The quantitative estimate of drug-likeness (QED) is 0.879. The van der Waals surface area contributed by atoms with Crippen LogP contribution in [-0.2, 0) is 10.0 Å². The molecule has 0 aliphatic carbocycles. The molecule has 2 rings (SSSR count). The van der Waals surface area contributed by atoms with Gasteiger partial charge in [-0.05, 0) is 24.3 Å². The molecular formula is C16H14FNO3S. The fourth-order valence-corrected chi connectivity index (χ4v) is 2.84. The Balaban J connectivity index is 2.10. The van der Waals surface area contributed by atoms with Gasteiger partial charge in [0, 0.05) is 0 Å². The van der Waals surface area contributed by atoms with Crippen LogP contribution < -0.4 is 9.46 Å². The van der Waals surface area contributed by atoms with Crippen LogP contribution in [0.4, 0.5) is 4.39 Å². The number of nitrogens with one attached hydrogen (secondary N) is 1. The highest BCUT2D eigenvalue weighted by Crippen LogP contribution is 2.22. The fraction of sp³-hybridized carbons (Fsp3) is 0.125. The van der Waals surface area contributed by atoms with Crippen LogP contribution in [0.2, 0.25) is 0 Å². The van der Waals surface area contributed by atoms with E-state index >= 15 is 0 Å². The molecule has 0 saturated heterocycles. The van der Waals surface area contributed by atoms with Crippen LogP contribution >= 0.6 is 0 Å². The minimum absolute atomic E-state index is 0.0326. The lowest BCUT2D eigenvalue weighted by Gasteiger charge is -2.08. The molecule has 0 fully saturated rings. The summed E-state index contributed by atoms with van der Waals surface area (Å²) in [4.78, 5) is 0.0326. The molecule has 2 aromatic carbocycles. The Hall–Kier alpha value is -2.36. The molecule has 0 aromatic heterocycles. The number of benzene rings is 2. The maximum atomic E-state index is 13.4. The maximum Gasteiger partial charge on any atom is 0.245 e. The monoisotopic (exact) mass is 319 g/mol. The zero-order valence-corrected chi connectivity index (χ0v) is 12.7. The van der Waals surface area contributed by atoms with E-state index in [0.29, 0.717) is 0 Å². The Morgan fingerprint density at radius 1 is 1.14 bits per heavy atom. The first-order valence-corrected chi connectivity index (χ1v) is 7.89. The average molecular weight is 319 g/mol. The summed E-state index contributed by atoms with van der Waals surface area (Å²) in [5.41, 5.74) is 0.221. The highest BCUT2D eigenvalue weighted by molar-refractivity contribution is 7.89. The molecule has 0 aliphatic heterocycles. The summed E-state index contributed by atoms with van der Waals surface area (Å²) in [5.74, 6) is 4.97. The molecule has 0 spiro atoms. The molecule has 0 unspecified atom stereocenters. The summed E-state index contributed by atoms with van der Waals surface area (Å²) >= 11 is 0. The van der Waals surface area contributed by atoms with Crippen molar-refractivity contribution in [1.82, 2.24) is 4.72 Å². The Morgan fingerprint density at radius 3 is 2.55 bits per heavy atom. The van der Waals surface area contributed by atoms with Gasteiger partial charge < -0.3 is 4.74 Å². The Labute approximate surface area is 129 Å². The number of rotatable bonds is 4. The predicted octanol–water partition coefficient (Wildman–Crippen LogP) is 2.16. The first kappa shape index (κ1) is 16.0. The van der Waals surface area contributed by atoms with Gasteiger partial charge >= 0.3 is 0 Å². The van der Waals surface area contributed by atoms with Crippen LogP contribution in [0.5, 0.6) is 5.75 Å². The van der Waals surface area contributed by atoms with E-state index in [1.807, 2.05) is 0 Å². The van der Waals surface area contributed by atoms with E-state index in [2.05, 4.69) is 16.6 Å². The third-order valence-corrected chi connectivity index (χ3v) is 4.25. The molecule has 0 heterocycles. The van der Waals surface area contributed by atoms with Gasteiger partial charge in [-0.15, -0.1) is 0 Å². The summed E-state index contributed by atoms with van der Waals surface area (Å²) in [6.45, 7) is -0.130. The first-order chi connectivity index (χ1) is 10.5. The van der Waals surface area contributed by atoms with E-state index in [-0.39, 0.29) is 22.8 Å². The smallest absolute Gasteiger partial charge is 0.245 e. The van der Waals surface area contributed by atoms with Crippen molar-refractivity contribution < 1.29 is 17.5 Å². The van der Waals surface area contributed by atoms with Crippen LogP contribution in [0.25, 0.3) is 0 Å². The summed E-state index contributed by atoms with van der Waals surface area (Å²) in [6.07, 6.45) is 0. The summed E-state index contributed by atoms with van der Waals surface area (Å²) < 4.78 is 45.0. The number of halogens is 1. The van der Waals surface area contributed by atoms with Crippen molar-refractivity contribution in [2.24, 2.45) is 0 Å². The summed E-state index contributed by atoms with van der Waals surface area (Å²) in [6, 6.07) is 12.3. The molecule has 0 bridgehead atoms. The minimum atomic E-state index is -3.74. The average Bonchev–Trinajstić information content (AvgIpc) is 2.53. The van der Waals surface area contributed by atoms with Gasteiger partial charge in [-0.3, -0.25) is 0 Å². The van der Waals surface area contributed by atoms with Crippen molar-refractivity contribution in [3.63, 3.8) is 0 Å². The summed E-state index contributed by atoms with van der Waals surface area (Å²) in [5, 5.41) is 0. The van der Waals surface area contributed by atoms with Gasteiger partial charge in [-0.25, -0.2) is 12.8 Å². The van der Waals surface area contributed by atoms with Crippen LogP contribution in [0.1, 0.15) is 5.56 Å². The number of para-hydroxylation sites is 1. The van der Waals surface area contributed by atoms with Gasteiger partial charge in [0.1, 0.15) is 16.5 Å². The van der Waals surface area contributed by atoms with Gasteiger partial charge in [0.2, 0.25) is 10.0 Å². The van der Waals surface area contributed by atoms with Crippen LogP contribution in [0.3, 0.4) is 0 Å². The van der Waals surface area contributed by atoms with E-state index in [0.717, 1.165) is 0 Å². The third kappa shape index (κ3) is 3.85. The Morgan fingerprint density at radius 2 is 1.82 bits per heavy atom. The minimum Gasteiger partial charge on any atom is -0.495 e. The topological polar surface area (TPSA) is 55.4 Å². The molecule has 2 aromatic rings. The molecule has 6 heteroatoms. The molecule has 0 aliphatic rings. The molecule has 0 atom stereocenters. The number of methoxy groups -OCH3 is 1. The molecule has 1 N–H and O–H groups in total. The lowest BCUT2D eigenvalue weighted by molar-refractivity contribution is 0.402. The van der Waals surface area contributed by atoms with Gasteiger partial charge in [0.15, 0.2) is 0 Å². The van der Waals surface area contributed by atoms with Crippen molar-refractivity contribution >= 4 is 10.0 Å².